The Morgan fingerprint density at radius 2 is 1.82 bits per heavy atom. The largest absolute Gasteiger partial charge is 0.478 e. The first-order chi connectivity index (χ1) is 10.4. The second kappa shape index (κ2) is 7.13. The fraction of sp³-hybridized carbons (Fsp3) is 0.278. The molecule has 0 spiro atoms. The van der Waals surface area contributed by atoms with Crippen LogP contribution in [-0.4, -0.2) is 17.2 Å². The van der Waals surface area contributed by atoms with E-state index < -0.39 is 12.1 Å². The van der Waals surface area contributed by atoms with Crippen LogP contribution in [0.2, 0.25) is 0 Å². The third-order valence-corrected chi connectivity index (χ3v) is 4.36. The van der Waals surface area contributed by atoms with Crippen LogP contribution < -0.4 is 4.74 Å². The monoisotopic (exact) mass is 410 g/mol. The van der Waals surface area contributed by atoms with Gasteiger partial charge in [0.05, 0.1) is 0 Å². The summed E-state index contributed by atoms with van der Waals surface area (Å²) >= 11 is 2.23. The van der Waals surface area contributed by atoms with E-state index in [1.54, 1.807) is 0 Å². The van der Waals surface area contributed by atoms with Crippen LogP contribution in [0.15, 0.2) is 36.4 Å². The quantitative estimate of drug-likeness (QED) is 0.749. The van der Waals surface area contributed by atoms with Crippen LogP contribution in [0.4, 0.5) is 0 Å². The highest BCUT2D eigenvalue weighted by Gasteiger charge is 2.21. The Morgan fingerprint density at radius 1 is 1.18 bits per heavy atom. The summed E-state index contributed by atoms with van der Waals surface area (Å²) in [6.07, 6.45) is -0.543. The zero-order valence-electron chi connectivity index (χ0n) is 12.9. The molecule has 22 heavy (non-hydrogen) atoms. The van der Waals surface area contributed by atoms with Gasteiger partial charge in [-0.25, -0.2) is 4.79 Å². The highest BCUT2D eigenvalue weighted by Crippen LogP contribution is 2.25. The fourth-order valence-corrected chi connectivity index (χ4v) is 2.65. The number of halogens is 1. The molecule has 1 atom stereocenters. The van der Waals surface area contributed by atoms with Crippen molar-refractivity contribution in [1.82, 2.24) is 0 Å². The number of aryl methyl sites for hydroxylation is 2. The lowest BCUT2D eigenvalue weighted by Gasteiger charge is -2.18. The predicted octanol–water partition coefficient (Wildman–Crippen LogP) is 4.29. The highest BCUT2D eigenvalue weighted by molar-refractivity contribution is 14.1. The van der Waals surface area contributed by atoms with Crippen LogP contribution in [0.3, 0.4) is 0 Å². The molecule has 2 rings (SSSR count). The number of aliphatic carboxylic acids is 1. The number of benzene rings is 2. The lowest BCUT2D eigenvalue weighted by atomic mass is 10.0. The van der Waals surface area contributed by atoms with Gasteiger partial charge in [0.1, 0.15) is 5.75 Å². The molecule has 0 aromatic heterocycles. The summed E-state index contributed by atoms with van der Waals surface area (Å²) in [4.78, 5) is 11.5. The van der Waals surface area contributed by atoms with E-state index in [-0.39, 0.29) is 0 Å². The molecular weight excluding hydrogens is 391 g/mol. The van der Waals surface area contributed by atoms with E-state index in [9.17, 15) is 9.90 Å². The number of carboxylic acid groups (broad SMARTS) is 1. The third kappa shape index (κ3) is 4.22. The van der Waals surface area contributed by atoms with E-state index in [1.165, 1.54) is 0 Å². The van der Waals surface area contributed by atoms with Crippen molar-refractivity contribution in [1.29, 1.82) is 0 Å². The van der Waals surface area contributed by atoms with Crippen molar-refractivity contribution in [2.24, 2.45) is 0 Å². The number of carbonyl (C=O) groups is 1. The first-order valence-electron chi connectivity index (χ1n) is 7.08. The average Bonchev–Trinajstić information content (AvgIpc) is 2.45. The second-order valence-electron chi connectivity index (χ2n) is 5.48. The van der Waals surface area contributed by atoms with Crippen LogP contribution in [-0.2, 0) is 11.2 Å². The van der Waals surface area contributed by atoms with Crippen LogP contribution >= 0.6 is 22.6 Å². The Morgan fingerprint density at radius 3 is 2.41 bits per heavy atom. The molecule has 0 unspecified atom stereocenters. The van der Waals surface area contributed by atoms with Crippen molar-refractivity contribution in [2.75, 3.05) is 0 Å². The summed E-state index contributed by atoms with van der Waals surface area (Å²) in [6, 6.07) is 11.8. The van der Waals surface area contributed by atoms with E-state index in [4.69, 9.17) is 4.74 Å². The molecular formula is C18H19IO3. The lowest BCUT2D eigenvalue weighted by molar-refractivity contribution is -0.145. The molecule has 3 nitrogen and oxygen atoms in total. The molecule has 4 heteroatoms. The SMILES string of the molecule is Cc1cc(C)c(C)c(O[C@H](Cc2ccc(I)cc2)C(=O)O)c1. The fourth-order valence-electron chi connectivity index (χ4n) is 2.29. The zero-order valence-corrected chi connectivity index (χ0v) is 15.0. The van der Waals surface area contributed by atoms with Gasteiger partial charge in [-0.3, -0.25) is 0 Å². The van der Waals surface area contributed by atoms with Crippen LogP contribution in [0.5, 0.6) is 5.75 Å². The Hall–Kier alpha value is -1.56. The maximum absolute atomic E-state index is 11.5. The topological polar surface area (TPSA) is 46.5 Å². The zero-order chi connectivity index (χ0) is 16.3. The van der Waals surface area contributed by atoms with Gasteiger partial charge >= 0.3 is 5.97 Å². The molecule has 1 N–H and O–H groups in total. The summed E-state index contributed by atoms with van der Waals surface area (Å²) in [7, 11) is 0. The van der Waals surface area contributed by atoms with Gasteiger partial charge < -0.3 is 9.84 Å². The van der Waals surface area contributed by atoms with E-state index in [0.29, 0.717) is 12.2 Å². The molecule has 0 radical (unpaired) electrons. The minimum absolute atomic E-state index is 0.346. The Kier molecular flexibility index (Phi) is 5.45. The Bertz CT molecular complexity index is 677. The molecule has 0 saturated carbocycles. The van der Waals surface area contributed by atoms with Crippen molar-refractivity contribution < 1.29 is 14.6 Å². The van der Waals surface area contributed by atoms with Crippen molar-refractivity contribution in [3.05, 3.63) is 62.2 Å². The maximum atomic E-state index is 11.5. The van der Waals surface area contributed by atoms with Gasteiger partial charge in [0.15, 0.2) is 6.10 Å². The van der Waals surface area contributed by atoms with Gasteiger partial charge in [-0.05, 0) is 83.8 Å². The van der Waals surface area contributed by atoms with Gasteiger partial charge in [0, 0.05) is 9.99 Å². The first kappa shape index (κ1) is 16.8. The summed E-state index contributed by atoms with van der Waals surface area (Å²) in [5.41, 5.74) is 4.11. The number of rotatable bonds is 5. The van der Waals surface area contributed by atoms with Gasteiger partial charge in [-0.15, -0.1) is 0 Å². The molecule has 0 aliphatic carbocycles. The summed E-state index contributed by atoms with van der Waals surface area (Å²) in [6.45, 7) is 5.94. The molecule has 0 amide bonds. The van der Waals surface area contributed by atoms with Crippen LogP contribution in [0, 0.1) is 24.3 Å². The second-order valence-corrected chi connectivity index (χ2v) is 6.73. The number of ether oxygens (including phenoxy) is 1. The predicted molar refractivity (Wildman–Crippen MR) is 95.6 cm³/mol. The maximum Gasteiger partial charge on any atom is 0.345 e. The van der Waals surface area contributed by atoms with Crippen LogP contribution in [0.25, 0.3) is 0 Å². The molecule has 116 valence electrons. The van der Waals surface area contributed by atoms with Gasteiger partial charge in [0.2, 0.25) is 0 Å². The summed E-state index contributed by atoms with van der Waals surface area (Å²) in [5.74, 6) is -0.299. The minimum Gasteiger partial charge on any atom is -0.478 e. The van der Waals surface area contributed by atoms with Gasteiger partial charge in [0.25, 0.3) is 0 Å². The summed E-state index contributed by atoms with van der Waals surface area (Å²) < 4.78 is 6.93. The molecule has 0 fully saturated rings. The van der Waals surface area contributed by atoms with Crippen LogP contribution in [0.1, 0.15) is 22.3 Å². The average molecular weight is 410 g/mol. The van der Waals surface area contributed by atoms with E-state index in [1.807, 2.05) is 51.1 Å². The van der Waals surface area contributed by atoms with Crippen molar-refractivity contribution in [3.63, 3.8) is 0 Å². The van der Waals surface area contributed by atoms with Crippen molar-refractivity contribution in [2.45, 2.75) is 33.3 Å². The van der Waals surface area contributed by atoms with Crippen molar-refractivity contribution >= 4 is 28.6 Å². The standard InChI is InChI=1S/C18H19IO3/c1-11-8-12(2)13(3)16(9-11)22-17(18(20)21)10-14-4-6-15(19)7-5-14/h4-9,17H,10H2,1-3H3,(H,20,21)/t17-/m1/s1. The van der Waals surface area contributed by atoms with E-state index in [0.717, 1.165) is 25.8 Å². The minimum atomic E-state index is -0.947. The highest BCUT2D eigenvalue weighted by atomic mass is 127. The third-order valence-electron chi connectivity index (χ3n) is 3.64. The number of carboxylic acids is 1. The Balaban J connectivity index is 2.22. The smallest absolute Gasteiger partial charge is 0.345 e. The molecule has 2 aromatic rings. The summed E-state index contributed by atoms with van der Waals surface area (Å²) in [5, 5.41) is 9.45. The molecule has 0 bridgehead atoms. The Labute approximate surface area is 144 Å². The lowest BCUT2D eigenvalue weighted by Crippen LogP contribution is -2.29. The number of hydrogen-bond donors (Lipinski definition) is 1. The van der Waals surface area contributed by atoms with Gasteiger partial charge in [-0.2, -0.15) is 0 Å². The van der Waals surface area contributed by atoms with Crippen molar-refractivity contribution in [3.8, 4) is 5.75 Å². The number of hydrogen-bond acceptors (Lipinski definition) is 2. The van der Waals surface area contributed by atoms with Gasteiger partial charge in [-0.1, -0.05) is 18.2 Å². The molecule has 0 aliphatic rings. The molecule has 0 heterocycles. The normalized spacial score (nSPS) is 12.0. The molecule has 0 saturated heterocycles. The van der Waals surface area contributed by atoms with E-state index >= 15 is 0 Å². The molecule has 0 aliphatic heterocycles. The molecule has 2 aromatic carbocycles. The first-order valence-corrected chi connectivity index (χ1v) is 8.16. The van der Waals surface area contributed by atoms with E-state index in [2.05, 4.69) is 28.7 Å².